The Bertz CT molecular complexity index is 517. The minimum Gasteiger partial charge on any atom is -0.229 e. The van der Waals surface area contributed by atoms with E-state index in [2.05, 4.69) is 5.14 Å². The minimum atomic E-state index is -3.93. The third kappa shape index (κ3) is 10.3. The van der Waals surface area contributed by atoms with Crippen molar-refractivity contribution in [2.24, 2.45) is 5.14 Å². The maximum atomic E-state index is 11.1. The van der Waals surface area contributed by atoms with Crippen molar-refractivity contribution in [3.05, 3.63) is 0 Å². The summed E-state index contributed by atoms with van der Waals surface area (Å²) in [5.74, 6) is -0.367. The van der Waals surface area contributed by atoms with Crippen LogP contribution >= 0.6 is 0 Å². The third-order valence-corrected chi connectivity index (χ3v) is 5.75. The number of rotatable bonds is 7. The largest absolute Gasteiger partial charge is 0.229 e. The summed E-state index contributed by atoms with van der Waals surface area (Å²) in [4.78, 5) is 0. The molecule has 0 aromatic heterocycles. The second kappa shape index (κ2) is 5.40. The highest BCUT2D eigenvalue weighted by Crippen LogP contribution is 1.93. The van der Waals surface area contributed by atoms with Gasteiger partial charge in [0.05, 0.1) is 5.75 Å². The van der Waals surface area contributed by atoms with Crippen LogP contribution in [0.1, 0.15) is 6.42 Å². The van der Waals surface area contributed by atoms with Crippen molar-refractivity contribution in [3.8, 4) is 0 Å². The van der Waals surface area contributed by atoms with Gasteiger partial charge in [0, 0.05) is 12.8 Å². The lowest BCUT2D eigenvalue weighted by atomic mass is 10.5. The van der Waals surface area contributed by atoms with Gasteiger partial charge in [0.1, 0.15) is 0 Å². The molecule has 0 fully saturated rings. The molecule has 0 amide bonds. The maximum absolute atomic E-state index is 11.1. The van der Waals surface area contributed by atoms with E-state index in [-0.39, 0.29) is 18.7 Å². The molecule has 0 aliphatic heterocycles. The molecule has 0 unspecified atom stereocenters. The Labute approximate surface area is 95.2 Å². The standard InChI is InChI=1S/C5H14N2O6S3/c1-14(8,9)5-16(12,13)7-3-2-4-15(6,10)11/h7H,2-5H2,1H3,(H2,6,10,11). The summed E-state index contributed by atoms with van der Waals surface area (Å²) >= 11 is 0. The summed E-state index contributed by atoms with van der Waals surface area (Å²) in [5, 5.41) is 3.67. The van der Waals surface area contributed by atoms with Gasteiger partial charge in [-0.25, -0.2) is 35.1 Å². The monoisotopic (exact) mass is 294 g/mol. The van der Waals surface area contributed by atoms with Gasteiger partial charge in [0.2, 0.25) is 20.0 Å². The summed E-state index contributed by atoms with van der Waals surface area (Å²) in [6.45, 7) is -0.172. The summed E-state index contributed by atoms with van der Waals surface area (Å²) in [6, 6.07) is 0. The van der Waals surface area contributed by atoms with Crippen LogP contribution < -0.4 is 9.86 Å². The molecule has 0 rings (SSSR count). The van der Waals surface area contributed by atoms with E-state index in [1.807, 2.05) is 4.72 Å². The van der Waals surface area contributed by atoms with E-state index in [0.29, 0.717) is 0 Å². The molecule has 98 valence electrons. The van der Waals surface area contributed by atoms with E-state index in [1.165, 1.54) is 0 Å². The van der Waals surface area contributed by atoms with Crippen molar-refractivity contribution in [3.63, 3.8) is 0 Å². The van der Waals surface area contributed by atoms with Gasteiger partial charge in [0.15, 0.2) is 14.9 Å². The zero-order valence-corrected chi connectivity index (χ0v) is 11.0. The van der Waals surface area contributed by atoms with Crippen LogP contribution in [0.2, 0.25) is 0 Å². The first-order valence-corrected chi connectivity index (χ1v) is 9.50. The SMILES string of the molecule is CS(=O)(=O)CS(=O)(=O)NCCCS(N)(=O)=O. The highest BCUT2D eigenvalue weighted by Gasteiger charge is 2.17. The first-order valence-electron chi connectivity index (χ1n) is 4.07. The van der Waals surface area contributed by atoms with E-state index in [4.69, 9.17) is 0 Å². The molecule has 0 bridgehead atoms. The smallest absolute Gasteiger partial charge is 0.226 e. The molecule has 0 heterocycles. The van der Waals surface area contributed by atoms with Crippen LogP contribution in [0.25, 0.3) is 0 Å². The molecule has 0 spiro atoms. The van der Waals surface area contributed by atoms with Gasteiger partial charge in [-0.15, -0.1) is 0 Å². The summed E-state index contributed by atoms with van der Waals surface area (Å²) in [7, 11) is -11.2. The Morgan fingerprint density at radius 1 is 1.06 bits per heavy atom. The molecule has 11 heteroatoms. The third-order valence-electron chi connectivity index (χ3n) is 1.30. The first-order chi connectivity index (χ1) is 6.91. The van der Waals surface area contributed by atoms with Crippen molar-refractivity contribution in [2.45, 2.75) is 6.42 Å². The fourth-order valence-electron chi connectivity index (χ4n) is 0.825. The highest BCUT2D eigenvalue weighted by molar-refractivity contribution is 8.06. The molecular weight excluding hydrogens is 280 g/mol. The predicted molar refractivity (Wildman–Crippen MR) is 59.2 cm³/mol. The number of nitrogens with two attached hydrogens (primary N) is 1. The molecule has 0 atom stereocenters. The van der Waals surface area contributed by atoms with Crippen LogP contribution in [-0.2, 0) is 29.9 Å². The molecule has 3 N–H and O–H groups in total. The number of primary sulfonamides is 1. The van der Waals surface area contributed by atoms with E-state index >= 15 is 0 Å². The molecule has 0 aromatic carbocycles. The lowest BCUT2D eigenvalue weighted by Gasteiger charge is -2.04. The Morgan fingerprint density at radius 2 is 1.56 bits per heavy atom. The Hall–Kier alpha value is -0.230. The number of nitrogens with one attached hydrogen (secondary N) is 1. The van der Waals surface area contributed by atoms with Crippen LogP contribution in [0.5, 0.6) is 0 Å². The van der Waals surface area contributed by atoms with Crippen LogP contribution in [0.15, 0.2) is 0 Å². The summed E-state index contributed by atoms with van der Waals surface area (Å²) in [6.07, 6.45) is 0.776. The number of sulfonamides is 2. The van der Waals surface area contributed by atoms with E-state index in [0.717, 1.165) is 6.26 Å². The number of hydrogen-bond donors (Lipinski definition) is 2. The van der Waals surface area contributed by atoms with Gasteiger partial charge in [-0.3, -0.25) is 0 Å². The topological polar surface area (TPSA) is 140 Å². The summed E-state index contributed by atoms with van der Waals surface area (Å²) in [5.41, 5.74) is 0. The van der Waals surface area contributed by atoms with Gasteiger partial charge in [-0.1, -0.05) is 0 Å². The molecular formula is C5H14N2O6S3. The van der Waals surface area contributed by atoms with Crippen LogP contribution in [0, 0.1) is 0 Å². The Kier molecular flexibility index (Phi) is 5.32. The van der Waals surface area contributed by atoms with Crippen LogP contribution in [0.3, 0.4) is 0 Å². The zero-order chi connectivity index (χ0) is 13.0. The van der Waals surface area contributed by atoms with Crippen molar-refractivity contribution in [1.29, 1.82) is 0 Å². The lowest BCUT2D eigenvalue weighted by Crippen LogP contribution is -2.31. The quantitative estimate of drug-likeness (QED) is 0.501. The van der Waals surface area contributed by atoms with Crippen molar-refractivity contribution in [2.75, 3.05) is 23.6 Å². The average Bonchev–Trinajstić information content (AvgIpc) is 1.91. The predicted octanol–water partition coefficient (Wildman–Crippen LogP) is -2.41. The average molecular weight is 294 g/mol. The fraction of sp³-hybridized carbons (Fsp3) is 1.00. The molecule has 0 aliphatic carbocycles. The Balaban J connectivity index is 4.13. The van der Waals surface area contributed by atoms with Crippen LogP contribution in [-0.4, -0.2) is 48.9 Å². The van der Waals surface area contributed by atoms with Gasteiger partial charge in [-0.05, 0) is 6.42 Å². The van der Waals surface area contributed by atoms with Crippen molar-refractivity contribution < 1.29 is 25.3 Å². The maximum Gasteiger partial charge on any atom is 0.226 e. The molecule has 0 aromatic rings. The summed E-state index contributed by atoms with van der Waals surface area (Å²) < 4.78 is 66.5. The number of hydrogen-bond acceptors (Lipinski definition) is 6. The normalized spacial score (nSPS) is 13.9. The second-order valence-electron chi connectivity index (χ2n) is 3.27. The molecule has 0 saturated heterocycles. The minimum absolute atomic E-state index is 0.0121. The molecule has 8 nitrogen and oxygen atoms in total. The van der Waals surface area contributed by atoms with Gasteiger partial charge < -0.3 is 0 Å². The van der Waals surface area contributed by atoms with E-state index in [9.17, 15) is 25.3 Å². The van der Waals surface area contributed by atoms with Crippen molar-refractivity contribution >= 4 is 29.9 Å². The molecule has 0 radical (unpaired) electrons. The highest BCUT2D eigenvalue weighted by atomic mass is 32.3. The second-order valence-corrected chi connectivity index (χ2v) is 9.32. The zero-order valence-electron chi connectivity index (χ0n) is 8.58. The number of sulfone groups is 1. The van der Waals surface area contributed by atoms with Gasteiger partial charge >= 0.3 is 0 Å². The van der Waals surface area contributed by atoms with E-state index < -0.39 is 35.0 Å². The molecule has 16 heavy (non-hydrogen) atoms. The van der Waals surface area contributed by atoms with Crippen molar-refractivity contribution in [1.82, 2.24) is 4.72 Å². The van der Waals surface area contributed by atoms with Gasteiger partial charge in [-0.2, -0.15) is 0 Å². The van der Waals surface area contributed by atoms with E-state index in [1.54, 1.807) is 0 Å². The van der Waals surface area contributed by atoms with Gasteiger partial charge in [0.25, 0.3) is 0 Å². The molecule has 0 saturated carbocycles. The lowest BCUT2D eigenvalue weighted by molar-refractivity contribution is 0.576. The fourth-order valence-corrected chi connectivity index (χ4v) is 4.41. The first kappa shape index (κ1) is 15.8. The Morgan fingerprint density at radius 3 is 1.94 bits per heavy atom. The van der Waals surface area contributed by atoms with Crippen LogP contribution in [0.4, 0.5) is 0 Å². The molecule has 0 aliphatic rings.